The molecule has 0 radical (unpaired) electrons. The minimum absolute atomic E-state index is 0.336. The van der Waals surface area contributed by atoms with Crippen LogP contribution >= 0.6 is 0 Å². The zero-order chi connectivity index (χ0) is 15.5. The number of hydrogen-bond donors (Lipinski definition) is 0. The SMILES string of the molecule is C=C(C)[C@H]1CC[C@@H]2[C@@H]1CC[C@H]1[C@H]2CC=C2CC(=O)CC[C@@]21C. The van der Waals surface area contributed by atoms with Crippen LogP contribution in [0.3, 0.4) is 0 Å². The fourth-order valence-corrected chi connectivity index (χ4v) is 6.74. The first-order chi connectivity index (χ1) is 10.5. The van der Waals surface area contributed by atoms with E-state index in [4.69, 9.17) is 0 Å². The van der Waals surface area contributed by atoms with Crippen molar-refractivity contribution in [3.63, 3.8) is 0 Å². The van der Waals surface area contributed by atoms with Gasteiger partial charge < -0.3 is 0 Å². The standard InChI is InChI=1S/C21H30O/c1-13(2)16-6-7-18-17(16)8-9-20-19(18)5-4-14-12-15(22)10-11-21(14,20)3/h4,16-20H,1,5-12H2,2-3H3/t16-,17-,18-,19+,20+,21+/m1/s1. The summed E-state index contributed by atoms with van der Waals surface area (Å²) in [6.07, 6.45) is 12.0. The molecule has 4 rings (SSSR count). The molecule has 0 aromatic rings. The van der Waals surface area contributed by atoms with E-state index in [1.807, 2.05) is 0 Å². The molecule has 0 aromatic carbocycles. The van der Waals surface area contributed by atoms with E-state index in [1.54, 1.807) is 0 Å². The maximum absolute atomic E-state index is 11.9. The zero-order valence-electron chi connectivity index (χ0n) is 14.2. The van der Waals surface area contributed by atoms with E-state index in [9.17, 15) is 4.79 Å². The molecule has 120 valence electrons. The van der Waals surface area contributed by atoms with Gasteiger partial charge in [-0.1, -0.05) is 30.7 Å². The maximum Gasteiger partial charge on any atom is 0.136 e. The van der Waals surface area contributed by atoms with Crippen molar-refractivity contribution in [2.24, 2.45) is 35.0 Å². The molecule has 0 amide bonds. The van der Waals surface area contributed by atoms with E-state index in [0.29, 0.717) is 11.2 Å². The normalized spacial score (nSPS) is 47.3. The molecule has 0 aromatic heterocycles. The summed E-state index contributed by atoms with van der Waals surface area (Å²) in [6.45, 7) is 8.99. The molecule has 4 aliphatic rings. The van der Waals surface area contributed by atoms with Crippen molar-refractivity contribution in [2.75, 3.05) is 0 Å². The van der Waals surface area contributed by atoms with Gasteiger partial charge in [-0.05, 0) is 80.5 Å². The molecule has 4 aliphatic carbocycles. The fourth-order valence-electron chi connectivity index (χ4n) is 6.74. The van der Waals surface area contributed by atoms with E-state index >= 15 is 0 Å². The summed E-state index contributed by atoms with van der Waals surface area (Å²) in [5.41, 5.74) is 3.26. The fraction of sp³-hybridized carbons (Fsp3) is 0.762. The number of carbonyl (C=O) groups excluding carboxylic acids is 1. The van der Waals surface area contributed by atoms with Crippen LogP contribution in [-0.2, 0) is 4.79 Å². The van der Waals surface area contributed by atoms with Crippen molar-refractivity contribution < 1.29 is 4.79 Å². The van der Waals surface area contributed by atoms with Crippen LogP contribution in [0.2, 0.25) is 0 Å². The molecule has 0 unspecified atom stereocenters. The molecular weight excluding hydrogens is 268 g/mol. The number of carbonyl (C=O) groups is 1. The molecule has 0 heterocycles. The molecule has 0 aliphatic heterocycles. The van der Waals surface area contributed by atoms with Crippen molar-refractivity contribution >= 4 is 5.78 Å². The lowest BCUT2D eigenvalue weighted by Gasteiger charge is -2.54. The first kappa shape index (κ1) is 14.7. The molecule has 6 atom stereocenters. The Kier molecular flexibility index (Phi) is 3.40. The third kappa shape index (κ3) is 2.00. The van der Waals surface area contributed by atoms with Crippen LogP contribution in [0.4, 0.5) is 0 Å². The first-order valence-electron chi connectivity index (χ1n) is 9.37. The van der Waals surface area contributed by atoms with Gasteiger partial charge in [0.1, 0.15) is 5.78 Å². The van der Waals surface area contributed by atoms with Crippen LogP contribution in [0, 0.1) is 35.0 Å². The van der Waals surface area contributed by atoms with Gasteiger partial charge in [0.05, 0.1) is 0 Å². The smallest absolute Gasteiger partial charge is 0.136 e. The molecule has 0 spiro atoms. The van der Waals surface area contributed by atoms with Crippen LogP contribution in [0.25, 0.3) is 0 Å². The Bertz CT molecular complexity index is 542. The van der Waals surface area contributed by atoms with Gasteiger partial charge in [-0.25, -0.2) is 0 Å². The van der Waals surface area contributed by atoms with Gasteiger partial charge in [-0.2, -0.15) is 0 Å². The highest BCUT2D eigenvalue weighted by atomic mass is 16.1. The predicted octanol–water partition coefficient (Wildman–Crippen LogP) is 5.32. The van der Waals surface area contributed by atoms with Crippen molar-refractivity contribution in [3.8, 4) is 0 Å². The third-order valence-electron chi connectivity index (χ3n) is 7.89. The highest BCUT2D eigenvalue weighted by Gasteiger charge is 2.54. The summed E-state index contributed by atoms with van der Waals surface area (Å²) < 4.78 is 0. The predicted molar refractivity (Wildman–Crippen MR) is 90.4 cm³/mol. The molecular formula is C21H30O. The quantitative estimate of drug-likeness (QED) is 0.599. The lowest BCUT2D eigenvalue weighted by Crippen LogP contribution is -2.47. The number of hydrogen-bond acceptors (Lipinski definition) is 1. The molecule has 1 nitrogen and oxygen atoms in total. The molecule has 3 fully saturated rings. The summed E-state index contributed by atoms with van der Waals surface area (Å²) in [4.78, 5) is 11.9. The lowest BCUT2D eigenvalue weighted by atomic mass is 9.50. The maximum atomic E-state index is 11.9. The highest BCUT2D eigenvalue weighted by Crippen LogP contribution is 2.62. The Hall–Kier alpha value is -0.850. The van der Waals surface area contributed by atoms with Crippen LogP contribution in [0.15, 0.2) is 23.8 Å². The van der Waals surface area contributed by atoms with Gasteiger partial charge in [0.25, 0.3) is 0 Å². The number of fused-ring (bicyclic) bond motifs is 5. The number of allylic oxidation sites excluding steroid dienone is 3. The van der Waals surface area contributed by atoms with Crippen molar-refractivity contribution in [1.29, 1.82) is 0 Å². The average molecular weight is 298 g/mol. The van der Waals surface area contributed by atoms with E-state index in [-0.39, 0.29) is 0 Å². The van der Waals surface area contributed by atoms with Gasteiger partial charge >= 0.3 is 0 Å². The molecule has 22 heavy (non-hydrogen) atoms. The number of ketones is 1. The van der Waals surface area contributed by atoms with Gasteiger partial charge in [-0.3, -0.25) is 4.79 Å². The summed E-state index contributed by atoms with van der Waals surface area (Å²) in [7, 11) is 0. The molecule has 0 saturated heterocycles. The van der Waals surface area contributed by atoms with Crippen LogP contribution in [0.5, 0.6) is 0 Å². The van der Waals surface area contributed by atoms with Crippen LogP contribution < -0.4 is 0 Å². The Morgan fingerprint density at radius 1 is 1.18 bits per heavy atom. The van der Waals surface area contributed by atoms with E-state index in [2.05, 4.69) is 26.5 Å². The summed E-state index contributed by atoms with van der Waals surface area (Å²) >= 11 is 0. The highest BCUT2D eigenvalue weighted by molar-refractivity contribution is 5.82. The minimum atomic E-state index is 0.336. The van der Waals surface area contributed by atoms with E-state index in [0.717, 1.165) is 48.9 Å². The second-order valence-corrected chi connectivity index (χ2v) is 8.80. The second-order valence-electron chi connectivity index (χ2n) is 8.80. The van der Waals surface area contributed by atoms with E-state index in [1.165, 1.54) is 43.3 Å². The van der Waals surface area contributed by atoms with Gasteiger partial charge in [0, 0.05) is 12.8 Å². The van der Waals surface area contributed by atoms with Gasteiger partial charge in [-0.15, -0.1) is 0 Å². The average Bonchev–Trinajstić information content (AvgIpc) is 2.92. The second kappa shape index (κ2) is 5.08. The molecule has 1 heteroatoms. The molecule has 0 bridgehead atoms. The summed E-state index contributed by atoms with van der Waals surface area (Å²) in [5.74, 6) is 4.81. The third-order valence-corrected chi connectivity index (χ3v) is 7.89. The van der Waals surface area contributed by atoms with Gasteiger partial charge in [0.15, 0.2) is 0 Å². The Labute approximate surface area is 135 Å². The van der Waals surface area contributed by atoms with E-state index < -0.39 is 0 Å². The van der Waals surface area contributed by atoms with Crippen LogP contribution in [0.1, 0.15) is 65.2 Å². The Morgan fingerprint density at radius 3 is 2.73 bits per heavy atom. The number of rotatable bonds is 1. The largest absolute Gasteiger partial charge is 0.299 e. The van der Waals surface area contributed by atoms with Crippen LogP contribution in [-0.4, -0.2) is 5.78 Å². The Morgan fingerprint density at radius 2 is 1.95 bits per heavy atom. The minimum Gasteiger partial charge on any atom is -0.299 e. The zero-order valence-corrected chi connectivity index (χ0v) is 14.2. The first-order valence-corrected chi connectivity index (χ1v) is 9.37. The number of Topliss-reactive ketones (excluding diaryl/α,β-unsaturated/α-hetero) is 1. The lowest BCUT2D eigenvalue weighted by molar-refractivity contribution is -0.121. The summed E-state index contributed by atoms with van der Waals surface area (Å²) in [6, 6.07) is 0. The van der Waals surface area contributed by atoms with Crippen molar-refractivity contribution in [3.05, 3.63) is 23.8 Å². The Balaban J connectivity index is 1.63. The molecule has 0 N–H and O–H groups in total. The monoisotopic (exact) mass is 298 g/mol. The van der Waals surface area contributed by atoms with Crippen molar-refractivity contribution in [1.82, 2.24) is 0 Å². The molecule has 3 saturated carbocycles. The van der Waals surface area contributed by atoms with Crippen molar-refractivity contribution in [2.45, 2.75) is 65.2 Å². The summed E-state index contributed by atoms with van der Waals surface area (Å²) in [5, 5.41) is 0. The van der Waals surface area contributed by atoms with Gasteiger partial charge in [0.2, 0.25) is 0 Å². The topological polar surface area (TPSA) is 17.1 Å².